The van der Waals surface area contributed by atoms with Gasteiger partial charge in [-0.2, -0.15) is 0 Å². The van der Waals surface area contributed by atoms with Crippen LogP contribution in [-0.4, -0.2) is 88.1 Å². The molecule has 0 aromatic heterocycles. The fraction of sp³-hybridized carbons (Fsp3) is 0.611. The molecule has 4 rings (SSSR count). The van der Waals surface area contributed by atoms with Gasteiger partial charge in [-0.1, -0.05) is 62.4 Å². The normalized spacial score (nSPS) is 19.0. The Morgan fingerprint density at radius 1 is 0.957 bits per heavy atom. The fourth-order valence-electron chi connectivity index (χ4n) is 6.72. The van der Waals surface area contributed by atoms with Gasteiger partial charge < -0.3 is 39.6 Å². The number of nitrogens with zero attached hydrogens (tertiary/aromatic N) is 1. The van der Waals surface area contributed by atoms with E-state index < -0.39 is 24.0 Å². The molecule has 10 heteroatoms. The van der Waals surface area contributed by atoms with Gasteiger partial charge in [0, 0.05) is 58.5 Å². The van der Waals surface area contributed by atoms with E-state index in [1.165, 1.54) is 6.42 Å². The minimum Gasteiger partial charge on any atom is -0.497 e. The number of carbonyl (C=O) groups excluding carboxylic acids is 2. The minimum absolute atomic E-state index is 0.0738. The van der Waals surface area contributed by atoms with Crippen molar-refractivity contribution in [3.05, 3.63) is 59.7 Å². The number of hydrogen-bond donors (Lipinski definition) is 3. The number of hydrogen-bond acceptors (Lipinski definition) is 8. The van der Waals surface area contributed by atoms with E-state index in [0.717, 1.165) is 49.7 Å². The Morgan fingerprint density at radius 2 is 1.67 bits per heavy atom. The van der Waals surface area contributed by atoms with Crippen LogP contribution < -0.4 is 20.1 Å². The lowest BCUT2D eigenvalue weighted by atomic mass is 9.83. The summed E-state index contributed by atoms with van der Waals surface area (Å²) < 4.78 is 22.2. The molecular weight excluding hydrogens is 586 g/mol. The second-order valence-corrected chi connectivity index (χ2v) is 12.6. The summed E-state index contributed by atoms with van der Waals surface area (Å²) in [6, 6.07) is 15.2. The zero-order valence-corrected chi connectivity index (χ0v) is 27.7. The molecule has 1 saturated carbocycles. The second kappa shape index (κ2) is 18.8. The van der Waals surface area contributed by atoms with Gasteiger partial charge in [-0.3, -0.25) is 9.59 Å². The number of aliphatic hydroxyl groups excluding tert-OH is 1. The van der Waals surface area contributed by atoms with Gasteiger partial charge >= 0.3 is 11.8 Å². The molecule has 1 aliphatic heterocycles. The number of methoxy groups -OCH3 is 3. The first kappa shape index (κ1) is 35.7. The predicted octanol–water partition coefficient (Wildman–Crippen LogP) is 4.25. The first-order valence-electron chi connectivity index (χ1n) is 16.8. The maximum absolute atomic E-state index is 13.5. The first-order chi connectivity index (χ1) is 22.4. The Kier molecular flexibility index (Phi) is 14.6. The van der Waals surface area contributed by atoms with Gasteiger partial charge in [-0.05, 0) is 48.4 Å². The standard InChI is InChI=1S/C36H53N3O7/c1-43-17-10-18-46-34(28-13-8-5-9-14-28)29-15-16-39(25-29)36(42)35(41)38-32(21-26-11-6-4-7-12-26)33(40)24-37-23-27-19-30(44-2)22-31(20-27)45-3/h5,8-9,13-14,19-20,22,26,29,32-34,37,40H,4,6-7,10-12,15-18,21,23-25H2,1-3H3,(H,38,41)/t29-,32+,33+,34?/m1/s1. The third-order valence-electron chi connectivity index (χ3n) is 9.24. The van der Waals surface area contributed by atoms with Crippen LogP contribution in [0.1, 0.15) is 68.6 Å². The van der Waals surface area contributed by atoms with Gasteiger partial charge in [0.05, 0.1) is 32.5 Å². The molecule has 0 spiro atoms. The summed E-state index contributed by atoms with van der Waals surface area (Å²) in [6.45, 7) is 2.85. The van der Waals surface area contributed by atoms with Crippen LogP contribution in [0.2, 0.25) is 0 Å². The molecule has 2 aliphatic rings. The molecule has 1 aliphatic carbocycles. The van der Waals surface area contributed by atoms with Gasteiger partial charge in [-0.15, -0.1) is 0 Å². The van der Waals surface area contributed by atoms with E-state index in [1.807, 2.05) is 48.5 Å². The molecule has 2 aromatic carbocycles. The molecule has 2 fully saturated rings. The Labute approximate surface area is 274 Å². The molecule has 2 amide bonds. The molecule has 1 unspecified atom stereocenters. The molecule has 1 saturated heterocycles. The molecule has 254 valence electrons. The van der Waals surface area contributed by atoms with E-state index in [0.29, 0.717) is 56.7 Å². The third kappa shape index (κ3) is 10.7. The van der Waals surface area contributed by atoms with Crippen molar-refractivity contribution in [2.45, 2.75) is 76.2 Å². The van der Waals surface area contributed by atoms with Gasteiger partial charge in [0.1, 0.15) is 11.5 Å². The lowest BCUT2D eigenvalue weighted by molar-refractivity contribution is -0.146. The topological polar surface area (TPSA) is 119 Å². The molecule has 0 bridgehead atoms. The summed E-state index contributed by atoms with van der Waals surface area (Å²) in [5.41, 5.74) is 2.02. The van der Waals surface area contributed by atoms with E-state index in [4.69, 9.17) is 18.9 Å². The number of likely N-dealkylation sites (tertiary alicyclic amines) is 1. The Bertz CT molecular complexity index is 1190. The largest absolute Gasteiger partial charge is 0.497 e. The third-order valence-corrected chi connectivity index (χ3v) is 9.24. The van der Waals surface area contributed by atoms with Crippen molar-refractivity contribution in [1.29, 1.82) is 0 Å². The summed E-state index contributed by atoms with van der Waals surface area (Å²) in [6.07, 6.45) is 6.81. The maximum atomic E-state index is 13.5. The average Bonchev–Trinajstić information content (AvgIpc) is 3.58. The number of benzene rings is 2. The van der Waals surface area contributed by atoms with Crippen molar-refractivity contribution in [2.24, 2.45) is 11.8 Å². The number of amides is 2. The SMILES string of the molecule is COCCCOC(c1ccccc1)[C@@H]1CCN(C(=O)C(=O)N[C@@H](CC2CCCCC2)[C@@H](O)CNCc2cc(OC)cc(OC)c2)C1. The zero-order chi connectivity index (χ0) is 32.7. The van der Waals surface area contributed by atoms with E-state index in [9.17, 15) is 14.7 Å². The number of carbonyl (C=O) groups is 2. The molecule has 10 nitrogen and oxygen atoms in total. The molecule has 3 N–H and O–H groups in total. The number of aliphatic hydroxyl groups is 1. The molecule has 2 aromatic rings. The summed E-state index contributed by atoms with van der Waals surface area (Å²) >= 11 is 0. The Morgan fingerprint density at radius 3 is 2.35 bits per heavy atom. The van der Waals surface area contributed by atoms with Crippen LogP contribution in [0, 0.1) is 11.8 Å². The highest BCUT2D eigenvalue weighted by Gasteiger charge is 2.37. The van der Waals surface area contributed by atoms with E-state index in [2.05, 4.69) is 10.6 Å². The highest BCUT2D eigenvalue weighted by atomic mass is 16.5. The van der Waals surface area contributed by atoms with E-state index in [-0.39, 0.29) is 18.6 Å². The van der Waals surface area contributed by atoms with Crippen molar-refractivity contribution in [3.63, 3.8) is 0 Å². The van der Waals surface area contributed by atoms with Crippen LogP contribution in [0.4, 0.5) is 0 Å². The lowest BCUT2D eigenvalue weighted by Crippen LogP contribution is -2.52. The summed E-state index contributed by atoms with van der Waals surface area (Å²) in [4.78, 5) is 28.5. The van der Waals surface area contributed by atoms with Gasteiger partial charge in [0.15, 0.2) is 0 Å². The summed E-state index contributed by atoms with van der Waals surface area (Å²) in [5, 5.41) is 17.6. The fourth-order valence-corrected chi connectivity index (χ4v) is 6.72. The van der Waals surface area contributed by atoms with Crippen LogP contribution in [0.5, 0.6) is 11.5 Å². The van der Waals surface area contributed by atoms with Crippen LogP contribution in [0.3, 0.4) is 0 Å². The minimum atomic E-state index is -0.861. The molecule has 4 atom stereocenters. The van der Waals surface area contributed by atoms with Gasteiger partial charge in [-0.25, -0.2) is 0 Å². The van der Waals surface area contributed by atoms with Crippen LogP contribution >= 0.6 is 0 Å². The molecule has 0 radical (unpaired) electrons. The molecule has 46 heavy (non-hydrogen) atoms. The Balaban J connectivity index is 1.36. The quantitative estimate of drug-likeness (QED) is 0.174. The number of rotatable bonds is 17. The predicted molar refractivity (Wildman–Crippen MR) is 177 cm³/mol. The van der Waals surface area contributed by atoms with Gasteiger partial charge in [0.2, 0.25) is 0 Å². The summed E-state index contributed by atoms with van der Waals surface area (Å²) in [7, 11) is 4.89. The Hall–Kier alpha value is -3.18. The van der Waals surface area contributed by atoms with Crippen LogP contribution in [0.25, 0.3) is 0 Å². The van der Waals surface area contributed by atoms with E-state index in [1.54, 1.807) is 26.2 Å². The average molecular weight is 640 g/mol. The monoisotopic (exact) mass is 639 g/mol. The van der Waals surface area contributed by atoms with Crippen LogP contribution in [-0.2, 0) is 25.6 Å². The maximum Gasteiger partial charge on any atom is 0.311 e. The van der Waals surface area contributed by atoms with E-state index >= 15 is 0 Å². The molecular formula is C36H53N3O7. The zero-order valence-electron chi connectivity index (χ0n) is 27.7. The number of nitrogens with one attached hydrogen (secondary N) is 2. The highest BCUT2D eigenvalue weighted by molar-refractivity contribution is 6.35. The van der Waals surface area contributed by atoms with Crippen molar-refractivity contribution < 1.29 is 33.6 Å². The van der Waals surface area contributed by atoms with Crippen molar-refractivity contribution >= 4 is 11.8 Å². The van der Waals surface area contributed by atoms with Crippen molar-refractivity contribution in [3.8, 4) is 11.5 Å². The highest BCUT2D eigenvalue weighted by Crippen LogP contribution is 2.34. The number of ether oxygens (including phenoxy) is 4. The summed E-state index contributed by atoms with van der Waals surface area (Å²) in [5.74, 6) is 0.652. The van der Waals surface area contributed by atoms with Crippen molar-refractivity contribution in [2.75, 3.05) is 54.2 Å². The molecule has 1 heterocycles. The van der Waals surface area contributed by atoms with Crippen molar-refractivity contribution in [1.82, 2.24) is 15.5 Å². The second-order valence-electron chi connectivity index (χ2n) is 12.6. The smallest absolute Gasteiger partial charge is 0.311 e. The van der Waals surface area contributed by atoms with Crippen LogP contribution in [0.15, 0.2) is 48.5 Å². The van der Waals surface area contributed by atoms with Gasteiger partial charge in [0.25, 0.3) is 0 Å². The first-order valence-corrected chi connectivity index (χ1v) is 16.8. The lowest BCUT2D eigenvalue weighted by Gasteiger charge is -2.30.